The third kappa shape index (κ3) is 3.00. The van der Waals surface area contributed by atoms with Crippen molar-refractivity contribution in [3.63, 3.8) is 0 Å². The summed E-state index contributed by atoms with van der Waals surface area (Å²) in [7, 11) is 0. The molecular formula is C15H18F2N2O2. The first-order chi connectivity index (χ1) is 9.98. The highest BCUT2D eigenvalue weighted by Gasteiger charge is 2.46. The molecule has 3 rings (SSSR count). The highest BCUT2D eigenvalue weighted by Crippen LogP contribution is 2.36. The second-order valence-electron chi connectivity index (χ2n) is 5.81. The van der Waals surface area contributed by atoms with Crippen LogP contribution < -0.4 is 15.8 Å². The van der Waals surface area contributed by atoms with Gasteiger partial charge in [-0.1, -0.05) is 6.07 Å². The largest absolute Gasteiger partial charge is 0.435 e. The van der Waals surface area contributed by atoms with E-state index in [4.69, 9.17) is 5.73 Å². The fraction of sp³-hybridized carbons (Fsp3) is 0.533. The van der Waals surface area contributed by atoms with E-state index in [9.17, 15) is 13.6 Å². The molecule has 0 unspecified atom stereocenters. The van der Waals surface area contributed by atoms with E-state index in [0.29, 0.717) is 0 Å². The van der Waals surface area contributed by atoms with E-state index in [-0.39, 0.29) is 17.7 Å². The molecule has 0 saturated heterocycles. The third-order valence-corrected chi connectivity index (χ3v) is 4.20. The van der Waals surface area contributed by atoms with E-state index in [1.165, 1.54) is 6.07 Å². The summed E-state index contributed by atoms with van der Waals surface area (Å²) < 4.78 is 28.9. The van der Waals surface area contributed by atoms with Crippen LogP contribution in [0.2, 0.25) is 0 Å². The summed E-state index contributed by atoms with van der Waals surface area (Å²) in [6.45, 7) is -2.82. The molecule has 1 fully saturated rings. The van der Waals surface area contributed by atoms with Crippen LogP contribution in [0, 0.1) is 0 Å². The predicted octanol–water partition coefficient (Wildman–Crippen LogP) is 2.27. The molecule has 1 aromatic carbocycles. The molecule has 1 aromatic rings. The molecule has 0 aliphatic heterocycles. The second kappa shape index (κ2) is 5.26. The minimum Gasteiger partial charge on any atom is -0.435 e. The number of nitrogens with two attached hydrogens (primary N) is 1. The molecule has 114 valence electrons. The number of halogens is 2. The first-order valence-electron chi connectivity index (χ1n) is 7.15. The lowest BCUT2D eigenvalue weighted by Crippen LogP contribution is -2.44. The third-order valence-electron chi connectivity index (χ3n) is 4.20. The van der Waals surface area contributed by atoms with Crippen molar-refractivity contribution in [2.75, 3.05) is 0 Å². The maximum atomic E-state index is 12.2. The number of rotatable bonds is 4. The number of hydrogen-bond donors (Lipinski definition) is 2. The number of carbonyl (C=O) groups is 1. The SMILES string of the molecule is NC1(C(=O)N[C@@H]2CCCc3cc(OC(F)F)ccc32)CC1. The Morgan fingerprint density at radius 1 is 1.43 bits per heavy atom. The Labute approximate surface area is 121 Å². The van der Waals surface area contributed by atoms with Crippen molar-refractivity contribution in [1.82, 2.24) is 5.32 Å². The molecule has 21 heavy (non-hydrogen) atoms. The van der Waals surface area contributed by atoms with Crippen molar-refractivity contribution in [2.24, 2.45) is 5.73 Å². The maximum Gasteiger partial charge on any atom is 0.387 e. The van der Waals surface area contributed by atoms with E-state index in [0.717, 1.165) is 43.2 Å². The van der Waals surface area contributed by atoms with Gasteiger partial charge in [0, 0.05) is 0 Å². The fourth-order valence-corrected chi connectivity index (χ4v) is 2.78. The summed E-state index contributed by atoms with van der Waals surface area (Å²) in [5.74, 6) is 0.0430. The van der Waals surface area contributed by atoms with Crippen molar-refractivity contribution < 1.29 is 18.3 Å². The van der Waals surface area contributed by atoms with E-state index < -0.39 is 12.2 Å². The van der Waals surface area contributed by atoms with Gasteiger partial charge >= 0.3 is 6.61 Å². The van der Waals surface area contributed by atoms with Gasteiger partial charge in [-0.05, 0) is 55.4 Å². The van der Waals surface area contributed by atoms with E-state index in [1.54, 1.807) is 12.1 Å². The van der Waals surface area contributed by atoms with Gasteiger partial charge in [-0.25, -0.2) is 0 Å². The number of hydrogen-bond acceptors (Lipinski definition) is 3. The molecule has 1 amide bonds. The lowest BCUT2D eigenvalue weighted by Gasteiger charge is -2.28. The first kappa shape index (κ1) is 14.3. The van der Waals surface area contributed by atoms with Crippen LogP contribution in [0.25, 0.3) is 0 Å². The van der Waals surface area contributed by atoms with Crippen LogP contribution in [0.3, 0.4) is 0 Å². The van der Waals surface area contributed by atoms with E-state index >= 15 is 0 Å². The molecule has 4 nitrogen and oxygen atoms in total. The van der Waals surface area contributed by atoms with Crippen LogP contribution in [0.1, 0.15) is 42.9 Å². The summed E-state index contributed by atoms with van der Waals surface area (Å²) in [5, 5.41) is 2.98. The summed E-state index contributed by atoms with van der Waals surface area (Å²) in [6.07, 6.45) is 3.98. The zero-order valence-electron chi connectivity index (χ0n) is 11.6. The number of carbonyl (C=O) groups excluding carboxylic acids is 1. The number of fused-ring (bicyclic) bond motifs is 1. The lowest BCUT2D eigenvalue weighted by atomic mass is 9.87. The van der Waals surface area contributed by atoms with Crippen molar-refractivity contribution in [3.8, 4) is 5.75 Å². The summed E-state index contributed by atoms with van der Waals surface area (Å²) in [6, 6.07) is 4.82. The van der Waals surface area contributed by atoms with Crippen molar-refractivity contribution in [1.29, 1.82) is 0 Å². The van der Waals surface area contributed by atoms with Gasteiger partial charge in [-0.2, -0.15) is 8.78 Å². The first-order valence-corrected chi connectivity index (χ1v) is 7.15. The smallest absolute Gasteiger partial charge is 0.387 e. The number of benzene rings is 1. The van der Waals surface area contributed by atoms with E-state index in [1.807, 2.05) is 0 Å². The Morgan fingerprint density at radius 2 is 2.19 bits per heavy atom. The second-order valence-corrected chi connectivity index (χ2v) is 5.81. The Hall–Kier alpha value is -1.69. The van der Waals surface area contributed by atoms with Crippen LogP contribution in [0.4, 0.5) is 8.78 Å². The highest BCUT2D eigenvalue weighted by molar-refractivity contribution is 5.89. The van der Waals surface area contributed by atoms with Gasteiger partial charge in [0.25, 0.3) is 0 Å². The van der Waals surface area contributed by atoms with Crippen molar-refractivity contribution in [3.05, 3.63) is 29.3 Å². The van der Waals surface area contributed by atoms with Gasteiger partial charge in [0.15, 0.2) is 0 Å². The molecule has 0 bridgehead atoms. The Bertz CT molecular complexity index is 559. The standard InChI is InChI=1S/C15H18F2N2O2/c16-14(17)21-10-4-5-11-9(8-10)2-1-3-12(11)19-13(20)15(18)6-7-15/h4-5,8,12,14H,1-3,6-7,18H2,(H,19,20)/t12-/m1/s1. The monoisotopic (exact) mass is 296 g/mol. The summed E-state index contributed by atoms with van der Waals surface area (Å²) >= 11 is 0. The number of ether oxygens (including phenoxy) is 1. The molecule has 2 aliphatic carbocycles. The van der Waals surface area contributed by atoms with Crippen LogP contribution in [0.5, 0.6) is 5.75 Å². The van der Waals surface area contributed by atoms with Gasteiger partial charge in [0.1, 0.15) is 5.75 Å². The lowest BCUT2D eigenvalue weighted by molar-refractivity contribution is -0.124. The van der Waals surface area contributed by atoms with Crippen LogP contribution in [0.15, 0.2) is 18.2 Å². The summed E-state index contributed by atoms with van der Waals surface area (Å²) in [4.78, 5) is 12.1. The molecule has 1 atom stereocenters. The van der Waals surface area contributed by atoms with Gasteiger partial charge in [-0.15, -0.1) is 0 Å². The van der Waals surface area contributed by atoms with Gasteiger partial charge < -0.3 is 15.8 Å². The molecule has 1 saturated carbocycles. The van der Waals surface area contributed by atoms with Gasteiger partial charge in [-0.3, -0.25) is 4.79 Å². The van der Waals surface area contributed by atoms with Crippen molar-refractivity contribution in [2.45, 2.75) is 50.3 Å². The molecule has 0 spiro atoms. The fourth-order valence-electron chi connectivity index (χ4n) is 2.78. The molecule has 0 radical (unpaired) electrons. The molecule has 0 heterocycles. The highest BCUT2D eigenvalue weighted by atomic mass is 19.3. The van der Waals surface area contributed by atoms with Crippen LogP contribution in [-0.4, -0.2) is 18.1 Å². The topological polar surface area (TPSA) is 64.4 Å². The molecular weight excluding hydrogens is 278 g/mol. The Morgan fingerprint density at radius 3 is 2.86 bits per heavy atom. The minimum absolute atomic E-state index is 0.0946. The van der Waals surface area contributed by atoms with Gasteiger partial charge in [0.05, 0.1) is 11.6 Å². The zero-order chi connectivity index (χ0) is 15.0. The normalized spacial score (nSPS) is 22.6. The van der Waals surface area contributed by atoms with Gasteiger partial charge in [0.2, 0.25) is 5.91 Å². The predicted molar refractivity (Wildman–Crippen MR) is 73.0 cm³/mol. The van der Waals surface area contributed by atoms with Crippen molar-refractivity contribution >= 4 is 5.91 Å². The van der Waals surface area contributed by atoms with Crippen LogP contribution in [-0.2, 0) is 11.2 Å². The molecule has 2 aliphatic rings. The number of nitrogens with one attached hydrogen (secondary N) is 1. The maximum absolute atomic E-state index is 12.2. The molecule has 6 heteroatoms. The average molecular weight is 296 g/mol. The average Bonchev–Trinajstić information content (AvgIpc) is 3.17. The number of amides is 1. The quantitative estimate of drug-likeness (QED) is 0.896. The number of aryl methyl sites for hydroxylation is 1. The van der Waals surface area contributed by atoms with Crippen LogP contribution >= 0.6 is 0 Å². The molecule has 0 aromatic heterocycles. The minimum atomic E-state index is -2.82. The zero-order valence-corrected chi connectivity index (χ0v) is 11.6. The Kier molecular flexibility index (Phi) is 3.57. The van der Waals surface area contributed by atoms with E-state index in [2.05, 4.69) is 10.1 Å². The number of alkyl halides is 2. The summed E-state index contributed by atoms with van der Waals surface area (Å²) in [5.41, 5.74) is 7.12. The Balaban J connectivity index is 1.76. The molecule has 3 N–H and O–H groups in total.